The molecule has 9 heteroatoms. The van der Waals surface area contributed by atoms with Gasteiger partial charge in [0, 0.05) is 51.5 Å². The highest BCUT2D eigenvalue weighted by molar-refractivity contribution is 7.13. The van der Waals surface area contributed by atoms with Gasteiger partial charge in [-0.1, -0.05) is 11.2 Å². The fourth-order valence-electron chi connectivity index (χ4n) is 3.80. The van der Waals surface area contributed by atoms with Gasteiger partial charge in [-0.2, -0.15) is 4.98 Å². The number of amides is 1. The van der Waals surface area contributed by atoms with Crippen molar-refractivity contribution in [1.29, 1.82) is 0 Å². The van der Waals surface area contributed by atoms with E-state index in [-0.39, 0.29) is 5.91 Å². The molecule has 0 N–H and O–H groups in total. The minimum Gasteiger partial charge on any atom is -0.355 e. The molecule has 150 valence electrons. The second-order valence-corrected chi connectivity index (χ2v) is 8.19. The zero-order valence-electron chi connectivity index (χ0n) is 16.0. The number of carbonyl (C=O) groups is 1. The molecular formula is C20H22N6O2S. The summed E-state index contributed by atoms with van der Waals surface area (Å²) in [5.41, 5.74) is 0.361. The lowest BCUT2D eigenvalue weighted by atomic mass is 10.2. The van der Waals surface area contributed by atoms with Gasteiger partial charge in [0.25, 0.3) is 5.91 Å². The lowest BCUT2D eigenvalue weighted by Crippen LogP contribution is -2.49. The number of hydrogen-bond acceptors (Lipinski definition) is 8. The highest BCUT2D eigenvalue weighted by Crippen LogP contribution is 2.26. The number of piperazine rings is 1. The van der Waals surface area contributed by atoms with E-state index in [1.54, 1.807) is 17.4 Å². The van der Waals surface area contributed by atoms with Gasteiger partial charge in [-0.15, -0.1) is 11.3 Å². The van der Waals surface area contributed by atoms with Crippen molar-refractivity contribution in [3.8, 4) is 10.6 Å². The predicted octanol–water partition coefficient (Wildman–Crippen LogP) is 2.76. The minimum atomic E-state index is -0.0864. The molecule has 0 spiro atoms. The third kappa shape index (κ3) is 3.69. The monoisotopic (exact) mass is 410 g/mol. The quantitative estimate of drug-likeness (QED) is 0.654. The number of rotatable bonds is 4. The molecular weight excluding hydrogens is 388 g/mol. The number of aromatic nitrogens is 3. The molecule has 0 radical (unpaired) electrons. The summed E-state index contributed by atoms with van der Waals surface area (Å²) in [6.07, 6.45) is 4.23. The average molecular weight is 411 g/mol. The molecule has 3 aromatic heterocycles. The fourth-order valence-corrected chi connectivity index (χ4v) is 4.47. The van der Waals surface area contributed by atoms with E-state index in [0.717, 1.165) is 42.8 Å². The van der Waals surface area contributed by atoms with Crippen LogP contribution in [0.5, 0.6) is 0 Å². The fraction of sp³-hybridized carbons (Fsp3) is 0.400. The first-order valence-corrected chi connectivity index (χ1v) is 10.8. The van der Waals surface area contributed by atoms with E-state index >= 15 is 0 Å². The summed E-state index contributed by atoms with van der Waals surface area (Å²) in [7, 11) is 0. The number of hydrogen-bond donors (Lipinski definition) is 0. The zero-order valence-corrected chi connectivity index (χ0v) is 16.8. The van der Waals surface area contributed by atoms with Crippen molar-refractivity contribution in [2.45, 2.75) is 12.8 Å². The maximum atomic E-state index is 12.8. The number of anilines is 2. The summed E-state index contributed by atoms with van der Waals surface area (Å²) in [6.45, 7) is 4.77. The smallest absolute Gasteiger partial charge is 0.276 e. The standard InChI is InChI=1S/C20H22N6O2S/c27-19(15-14-16(28-23-15)17-4-3-13-29-17)25-11-9-24(10-12-25)18-5-6-21-20(22-18)26-7-1-2-8-26/h3-6,13-14H,1-2,7-12H2. The molecule has 2 aliphatic rings. The summed E-state index contributed by atoms with van der Waals surface area (Å²) in [5, 5.41) is 5.95. The van der Waals surface area contributed by atoms with E-state index in [9.17, 15) is 4.79 Å². The Hall–Kier alpha value is -2.94. The van der Waals surface area contributed by atoms with Crippen molar-refractivity contribution in [1.82, 2.24) is 20.0 Å². The van der Waals surface area contributed by atoms with Gasteiger partial charge in [-0.05, 0) is 30.4 Å². The molecule has 2 fully saturated rings. The minimum absolute atomic E-state index is 0.0864. The normalized spacial score (nSPS) is 17.2. The second kappa shape index (κ2) is 7.82. The third-order valence-electron chi connectivity index (χ3n) is 5.40. The maximum Gasteiger partial charge on any atom is 0.276 e. The van der Waals surface area contributed by atoms with Gasteiger partial charge in [0.2, 0.25) is 5.95 Å². The van der Waals surface area contributed by atoms with Gasteiger partial charge in [0.1, 0.15) is 5.82 Å². The topological polar surface area (TPSA) is 78.6 Å². The Morgan fingerprint density at radius 2 is 1.86 bits per heavy atom. The van der Waals surface area contributed by atoms with Crippen molar-refractivity contribution >= 4 is 29.0 Å². The van der Waals surface area contributed by atoms with Crippen LogP contribution in [-0.2, 0) is 0 Å². The highest BCUT2D eigenvalue weighted by atomic mass is 32.1. The van der Waals surface area contributed by atoms with Crippen LogP contribution in [0.4, 0.5) is 11.8 Å². The Kier molecular flexibility index (Phi) is 4.89. The van der Waals surface area contributed by atoms with Gasteiger partial charge in [-0.25, -0.2) is 4.98 Å². The van der Waals surface area contributed by atoms with E-state index in [4.69, 9.17) is 9.51 Å². The largest absolute Gasteiger partial charge is 0.355 e. The van der Waals surface area contributed by atoms with E-state index in [0.29, 0.717) is 24.5 Å². The van der Waals surface area contributed by atoms with Gasteiger partial charge >= 0.3 is 0 Å². The molecule has 3 aromatic rings. The molecule has 0 aromatic carbocycles. The first-order valence-electron chi connectivity index (χ1n) is 9.91. The van der Waals surface area contributed by atoms with Crippen LogP contribution in [0, 0.1) is 0 Å². The number of thiophene rings is 1. The molecule has 0 bridgehead atoms. The molecule has 1 amide bonds. The molecule has 5 heterocycles. The van der Waals surface area contributed by atoms with Crippen LogP contribution >= 0.6 is 11.3 Å². The SMILES string of the molecule is O=C(c1cc(-c2cccs2)on1)N1CCN(c2ccnc(N3CCCC3)n2)CC1. The Bertz CT molecular complexity index is 975. The summed E-state index contributed by atoms with van der Waals surface area (Å²) < 4.78 is 5.35. The van der Waals surface area contributed by atoms with E-state index in [1.165, 1.54) is 12.8 Å². The summed E-state index contributed by atoms with van der Waals surface area (Å²) in [4.78, 5) is 29.2. The van der Waals surface area contributed by atoms with E-state index in [2.05, 4.69) is 19.9 Å². The highest BCUT2D eigenvalue weighted by Gasteiger charge is 2.26. The van der Waals surface area contributed by atoms with Gasteiger partial charge < -0.3 is 19.2 Å². The Balaban J connectivity index is 1.22. The van der Waals surface area contributed by atoms with Crippen LogP contribution in [0.15, 0.2) is 40.4 Å². The van der Waals surface area contributed by atoms with Crippen molar-refractivity contribution in [3.63, 3.8) is 0 Å². The van der Waals surface area contributed by atoms with Crippen molar-refractivity contribution in [2.24, 2.45) is 0 Å². The number of nitrogens with zero attached hydrogens (tertiary/aromatic N) is 6. The van der Waals surface area contributed by atoms with Gasteiger partial charge in [-0.3, -0.25) is 4.79 Å². The average Bonchev–Trinajstić information content (AvgIpc) is 3.55. The Labute approximate surface area is 172 Å². The molecule has 8 nitrogen and oxygen atoms in total. The molecule has 0 saturated carbocycles. The van der Waals surface area contributed by atoms with E-state index < -0.39 is 0 Å². The number of carbonyl (C=O) groups excluding carboxylic acids is 1. The Morgan fingerprint density at radius 1 is 1.03 bits per heavy atom. The molecule has 0 unspecified atom stereocenters. The third-order valence-corrected chi connectivity index (χ3v) is 6.29. The molecule has 0 atom stereocenters. The summed E-state index contributed by atoms with van der Waals surface area (Å²) in [5.74, 6) is 2.28. The van der Waals surface area contributed by atoms with Gasteiger partial charge in [0.05, 0.1) is 4.88 Å². The maximum absolute atomic E-state index is 12.8. The van der Waals surface area contributed by atoms with Crippen LogP contribution < -0.4 is 9.80 Å². The van der Waals surface area contributed by atoms with Crippen molar-refractivity contribution < 1.29 is 9.32 Å². The molecule has 5 rings (SSSR count). The molecule has 2 saturated heterocycles. The second-order valence-electron chi connectivity index (χ2n) is 7.24. The van der Waals surface area contributed by atoms with Crippen LogP contribution in [-0.4, -0.2) is 65.2 Å². The summed E-state index contributed by atoms with van der Waals surface area (Å²) in [6, 6.07) is 7.58. The van der Waals surface area contributed by atoms with Crippen LogP contribution in [0.3, 0.4) is 0 Å². The lowest BCUT2D eigenvalue weighted by Gasteiger charge is -2.35. The molecule has 2 aliphatic heterocycles. The van der Waals surface area contributed by atoms with Crippen LogP contribution in [0.2, 0.25) is 0 Å². The first kappa shape index (κ1) is 18.1. The van der Waals surface area contributed by atoms with Crippen LogP contribution in [0.1, 0.15) is 23.3 Å². The van der Waals surface area contributed by atoms with Gasteiger partial charge in [0.15, 0.2) is 11.5 Å². The lowest BCUT2D eigenvalue weighted by molar-refractivity contribution is 0.0736. The molecule has 29 heavy (non-hydrogen) atoms. The van der Waals surface area contributed by atoms with E-state index in [1.807, 2.05) is 34.7 Å². The van der Waals surface area contributed by atoms with Crippen molar-refractivity contribution in [2.75, 3.05) is 49.1 Å². The first-order chi connectivity index (χ1) is 14.3. The van der Waals surface area contributed by atoms with Crippen LogP contribution in [0.25, 0.3) is 10.6 Å². The zero-order chi connectivity index (χ0) is 19.6. The predicted molar refractivity (Wildman–Crippen MR) is 111 cm³/mol. The Morgan fingerprint density at radius 3 is 2.62 bits per heavy atom. The molecule has 0 aliphatic carbocycles. The van der Waals surface area contributed by atoms with Crippen molar-refractivity contribution in [3.05, 3.63) is 41.5 Å². The summed E-state index contributed by atoms with van der Waals surface area (Å²) >= 11 is 1.56.